The fraction of sp³-hybridized carbons (Fsp3) is 0.632. The Morgan fingerprint density at radius 2 is 2.00 bits per heavy atom. The van der Waals surface area contributed by atoms with E-state index < -0.39 is 35.8 Å². The molecule has 12 heteroatoms. The standard InChI is InChI=1S/C19H28N4O8/c1-11(2)15(23-19(27)30-7-6-29-5-4-28-3)17(25)22-13-8-14-20-9-12(31-14)10-21-18(26)16(13)24/h9,11,13,15H,4-8,10H2,1-3H3,(H,21,26)(H,22,25)(H,23,27). The van der Waals surface area contributed by atoms with Crippen LogP contribution >= 0.6 is 0 Å². The Bertz CT molecular complexity index is 779. The fourth-order valence-electron chi connectivity index (χ4n) is 2.72. The number of ether oxygens (including phenoxy) is 3. The Balaban J connectivity index is 1.93. The maximum absolute atomic E-state index is 12.8. The molecule has 1 aromatic heterocycles. The molecule has 2 bridgehead atoms. The summed E-state index contributed by atoms with van der Waals surface area (Å²) in [5, 5.41) is 7.40. The van der Waals surface area contributed by atoms with E-state index in [1.807, 2.05) is 0 Å². The van der Waals surface area contributed by atoms with Crippen LogP contribution in [0.15, 0.2) is 10.6 Å². The van der Waals surface area contributed by atoms with Crippen molar-refractivity contribution < 1.29 is 37.8 Å². The Kier molecular flexibility index (Phi) is 9.40. The molecular formula is C19H28N4O8. The summed E-state index contributed by atoms with van der Waals surface area (Å²) in [4.78, 5) is 53.3. The molecule has 3 amide bonds. The van der Waals surface area contributed by atoms with E-state index in [1.165, 1.54) is 6.20 Å². The minimum atomic E-state index is -1.19. The predicted molar refractivity (Wildman–Crippen MR) is 105 cm³/mol. The molecule has 0 fully saturated rings. The number of carbonyl (C=O) groups excluding carboxylic acids is 4. The Labute approximate surface area is 179 Å². The highest BCUT2D eigenvalue weighted by Gasteiger charge is 2.33. The van der Waals surface area contributed by atoms with Crippen molar-refractivity contribution in [3.05, 3.63) is 17.8 Å². The quantitative estimate of drug-likeness (QED) is 0.316. The summed E-state index contributed by atoms with van der Waals surface area (Å²) in [7, 11) is 1.55. The van der Waals surface area contributed by atoms with Gasteiger partial charge in [0.1, 0.15) is 24.5 Å². The summed E-state index contributed by atoms with van der Waals surface area (Å²) in [6, 6.07) is -2.18. The van der Waals surface area contributed by atoms with E-state index in [2.05, 4.69) is 20.9 Å². The first kappa shape index (κ1) is 24.3. The number of carbonyl (C=O) groups is 4. The monoisotopic (exact) mass is 440 g/mol. The summed E-state index contributed by atoms with van der Waals surface area (Å²) in [6.07, 6.45) is 0.546. The highest BCUT2D eigenvalue weighted by molar-refractivity contribution is 6.38. The third-order valence-corrected chi connectivity index (χ3v) is 4.38. The zero-order chi connectivity index (χ0) is 22.8. The number of rotatable bonds is 10. The zero-order valence-electron chi connectivity index (χ0n) is 17.8. The van der Waals surface area contributed by atoms with Crippen LogP contribution in [-0.2, 0) is 41.6 Å². The summed E-state index contributed by atoms with van der Waals surface area (Å²) in [6.45, 7) is 4.43. The number of hydrogen-bond acceptors (Lipinski definition) is 9. The van der Waals surface area contributed by atoms with Crippen LogP contribution in [0.25, 0.3) is 0 Å². The van der Waals surface area contributed by atoms with Crippen LogP contribution in [-0.4, -0.2) is 74.3 Å². The SMILES string of the molecule is COCCOCCOC(=O)NC(C(=O)NC1Cc2ncc(o2)CNC(=O)C1=O)C(C)C. The lowest BCUT2D eigenvalue weighted by molar-refractivity contribution is -0.140. The predicted octanol–water partition coefficient (Wildman–Crippen LogP) is -0.685. The summed E-state index contributed by atoms with van der Waals surface area (Å²) in [5.41, 5.74) is 0. The van der Waals surface area contributed by atoms with Crippen molar-refractivity contribution in [2.75, 3.05) is 33.5 Å². The molecule has 2 atom stereocenters. The molecule has 1 aromatic rings. The van der Waals surface area contributed by atoms with Crippen LogP contribution < -0.4 is 16.0 Å². The van der Waals surface area contributed by atoms with Gasteiger partial charge in [0, 0.05) is 7.11 Å². The van der Waals surface area contributed by atoms with Crippen LogP contribution in [0.2, 0.25) is 0 Å². The van der Waals surface area contributed by atoms with Crippen LogP contribution in [0.5, 0.6) is 0 Å². The Morgan fingerprint density at radius 1 is 1.26 bits per heavy atom. The van der Waals surface area contributed by atoms with Crippen LogP contribution in [0.3, 0.4) is 0 Å². The first-order chi connectivity index (χ1) is 14.8. The number of nitrogens with one attached hydrogen (secondary N) is 3. The van der Waals surface area contributed by atoms with Gasteiger partial charge in [0.25, 0.3) is 5.91 Å². The van der Waals surface area contributed by atoms with Crippen molar-refractivity contribution in [2.45, 2.75) is 38.9 Å². The number of alkyl carbamates (subject to hydrolysis) is 1. The van der Waals surface area contributed by atoms with E-state index in [9.17, 15) is 19.2 Å². The second-order valence-electron chi connectivity index (χ2n) is 7.14. The minimum absolute atomic E-state index is 0.00421. The van der Waals surface area contributed by atoms with Gasteiger partial charge in [-0.3, -0.25) is 14.4 Å². The molecule has 1 aliphatic heterocycles. The van der Waals surface area contributed by atoms with Crippen LogP contribution in [0, 0.1) is 5.92 Å². The number of fused-ring (bicyclic) bond motifs is 2. The van der Waals surface area contributed by atoms with Gasteiger partial charge in [-0.1, -0.05) is 13.8 Å². The first-order valence-electron chi connectivity index (χ1n) is 9.87. The average molecular weight is 440 g/mol. The van der Waals surface area contributed by atoms with Crippen LogP contribution in [0.4, 0.5) is 4.79 Å². The molecule has 31 heavy (non-hydrogen) atoms. The third-order valence-electron chi connectivity index (χ3n) is 4.38. The molecule has 1 aliphatic rings. The lowest BCUT2D eigenvalue weighted by Gasteiger charge is -2.24. The first-order valence-corrected chi connectivity index (χ1v) is 9.87. The van der Waals surface area contributed by atoms with E-state index >= 15 is 0 Å². The summed E-state index contributed by atoms with van der Waals surface area (Å²) >= 11 is 0. The Morgan fingerprint density at radius 3 is 2.71 bits per heavy atom. The van der Waals surface area contributed by atoms with Gasteiger partial charge in [-0.05, 0) is 5.92 Å². The lowest BCUT2D eigenvalue weighted by atomic mass is 10.0. The van der Waals surface area contributed by atoms with E-state index in [1.54, 1.807) is 21.0 Å². The van der Waals surface area contributed by atoms with E-state index in [-0.39, 0.29) is 38.0 Å². The maximum atomic E-state index is 12.8. The number of Topliss-reactive ketones (excluding diaryl/α,β-unsaturated/α-hetero) is 1. The van der Waals surface area contributed by atoms with Crippen LogP contribution in [0.1, 0.15) is 25.5 Å². The van der Waals surface area contributed by atoms with Gasteiger partial charge in [-0.15, -0.1) is 0 Å². The number of oxazole rings is 1. The fourth-order valence-corrected chi connectivity index (χ4v) is 2.72. The number of aromatic nitrogens is 1. The van der Waals surface area contributed by atoms with Gasteiger partial charge in [-0.2, -0.15) is 0 Å². The lowest BCUT2D eigenvalue weighted by Crippen LogP contribution is -2.56. The van der Waals surface area contributed by atoms with Gasteiger partial charge in [0.15, 0.2) is 5.89 Å². The zero-order valence-corrected chi connectivity index (χ0v) is 17.8. The average Bonchev–Trinajstić information content (AvgIpc) is 3.19. The van der Waals surface area contributed by atoms with Crippen molar-refractivity contribution >= 4 is 23.7 Å². The molecule has 0 aliphatic carbocycles. The van der Waals surface area contributed by atoms with Gasteiger partial charge >= 0.3 is 6.09 Å². The Hall–Kier alpha value is -2.99. The van der Waals surface area contributed by atoms with Gasteiger partial charge in [0.2, 0.25) is 11.7 Å². The summed E-state index contributed by atoms with van der Waals surface area (Å²) < 4.78 is 20.5. The molecule has 0 aromatic carbocycles. The number of ketones is 1. The van der Waals surface area contributed by atoms with Crippen molar-refractivity contribution in [1.82, 2.24) is 20.9 Å². The second-order valence-corrected chi connectivity index (χ2v) is 7.14. The molecular weight excluding hydrogens is 412 g/mol. The number of nitrogens with zero attached hydrogens (tertiary/aromatic N) is 1. The molecule has 0 saturated carbocycles. The topological polar surface area (TPSA) is 158 Å². The molecule has 0 saturated heterocycles. The van der Waals surface area contributed by atoms with Crippen molar-refractivity contribution in [3.63, 3.8) is 0 Å². The molecule has 3 N–H and O–H groups in total. The molecule has 0 spiro atoms. The summed E-state index contributed by atoms with van der Waals surface area (Å²) in [5.74, 6) is -2.01. The van der Waals surface area contributed by atoms with Crippen molar-refractivity contribution in [1.29, 1.82) is 0 Å². The minimum Gasteiger partial charge on any atom is -0.447 e. The van der Waals surface area contributed by atoms with E-state index in [4.69, 9.17) is 18.6 Å². The third kappa shape index (κ3) is 7.64. The normalized spacial score (nSPS) is 17.2. The molecule has 172 valence electrons. The van der Waals surface area contributed by atoms with E-state index in [0.717, 1.165) is 0 Å². The molecule has 2 rings (SSSR count). The highest BCUT2D eigenvalue weighted by Crippen LogP contribution is 2.11. The second kappa shape index (κ2) is 12.0. The highest BCUT2D eigenvalue weighted by atomic mass is 16.6. The maximum Gasteiger partial charge on any atom is 0.407 e. The van der Waals surface area contributed by atoms with Crippen molar-refractivity contribution in [2.24, 2.45) is 5.92 Å². The molecule has 12 nitrogen and oxygen atoms in total. The molecule has 0 radical (unpaired) electrons. The van der Waals surface area contributed by atoms with Gasteiger partial charge in [0.05, 0.1) is 39.0 Å². The van der Waals surface area contributed by atoms with E-state index in [0.29, 0.717) is 19.0 Å². The van der Waals surface area contributed by atoms with Gasteiger partial charge in [-0.25, -0.2) is 9.78 Å². The smallest absolute Gasteiger partial charge is 0.407 e. The molecule has 2 heterocycles. The van der Waals surface area contributed by atoms with Crippen molar-refractivity contribution in [3.8, 4) is 0 Å². The number of methoxy groups -OCH3 is 1. The number of amides is 3. The van der Waals surface area contributed by atoms with Gasteiger partial charge < -0.3 is 34.6 Å². The number of hydrogen-bond donors (Lipinski definition) is 3. The molecule has 2 unspecified atom stereocenters. The largest absolute Gasteiger partial charge is 0.447 e.